The fraction of sp³-hybridized carbons (Fsp3) is 1.00. The van der Waals surface area contributed by atoms with Crippen molar-refractivity contribution in [1.82, 2.24) is 0 Å². The van der Waals surface area contributed by atoms with E-state index >= 15 is 0 Å². The monoisotopic (exact) mass is 336 g/mol. The summed E-state index contributed by atoms with van der Waals surface area (Å²) in [5.74, 6) is 0. The van der Waals surface area contributed by atoms with Crippen molar-refractivity contribution >= 4 is 37.1 Å². The molecule has 0 saturated heterocycles. The van der Waals surface area contributed by atoms with E-state index in [0.717, 1.165) is 0 Å². The van der Waals surface area contributed by atoms with Crippen LogP contribution in [-0.2, 0) is 43.1 Å². The van der Waals surface area contributed by atoms with Crippen LogP contribution in [0.4, 0.5) is 0 Å². The van der Waals surface area contributed by atoms with E-state index in [9.17, 15) is 0 Å². The minimum absolute atomic E-state index is 0. The van der Waals surface area contributed by atoms with Gasteiger partial charge in [0, 0.05) is 19.5 Å². The summed E-state index contributed by atoms with van der Waals surface area (Å²) in [5, 5.41) is 0. The van der Waals surface area contributed by atoms with Crippen LogP contribution in [0.5, 0.6) is 0 Å². The average molecular weight is 338 g/mol. The second-order valence-corrected chi connectivity index (χ2v) is 6.73. The molecule has 14 heavy (non-hydrogen) atoms. The summed E-state index contributed by atoms with van der Waals surface area (Å²) in [6.45, 7) is -3.36. The predicted octanol–water partition coefficient (Wildman–Crippen LogP) is -0.211. The molecule has 0 atom stereocenters. The van der Waals surface area contributed by atoms with E-state index in [1.54, 1.807) is 0 Å². The largest absolute Gasteiger partial charge is 0.325 e. The van der Waals surface area contributed by atoms with Crippen molar-refractivity contribution in [3.63, 3.8) is 0 Å². The molecule has 0 bridgehead atoms. The third-order valence-electron chi connectivity index (χ3n) is 0. The summed E-state index contributed by atoms with van der Waals surface area (Å²) in [6, 6.07) is 0. The maximum absolute atomic E-state index is 7.56. The zero-order valence-electron chi connectivity index (χ0n) is 7.81. The normalized spacial score (nSPS) is 9.71. The number of hydrogen-bond acceptors (Lipinski definition) is 2. The maximum atomic E-state index is 7.56. The Morgan fingerprint density at radius 1 is 0.786 bits per heavy atom. The maximum Gasteiger partial charge on any atom is 0.319 e. The van der Waals surface area contributed by atoms with Gasteiger partial charge in [-0.25, -0.2) is 0 Å². The van der Waals surface area contributed by atoms with Gasteiger partial charge in [0.25, 0.3) is 0 Å². The molecule has 6 nitrogen and oxygen atoms in total. The Hall–Kier alpha value is 1.68. The molecule has 0 spiro atoms. The minimum Gasteiger partial charge on any atom is -0.325 e. The Morgan fingerprint density at radius 3 is 0.786 bits per heavy atom. The molecule has 0 aromatic heterocycles. The van der Waals surface area contributed by atoms with Gasteiger partial charge >= 0.3 is 13.4 Å². The van der Waals surface area contributed by atoms with Crippen molar-refractivity contribution in [2.24, 2.45) is 0 Å². The first-order chi connectivity index (χ1) is 5.41. The SMILES string of the molecule is CCC.OP(O)(O)=S.OP(O)(O)=S.[Zn]. The van der Waals surface area contributed by atoms with Crippen molar-refractivity contribution in [1.29, 1.82) is 0 Å². The van der Waals surface area contributed by atoms with E-state index in [4.69, 9.17) is 29.4 Å². The summed E-state index contributed by atoms with van der Waals surface area (Å²) in [4.78, 5) is 45.3. The Kier molecular flexibility index (Phi) is 22.6. The van der Waals surface area contributed by atoms with Gasteiger partial charge in [-0.1, -0.05) is 20.3 Å². The van der Waals surface area contributed by atoms with Gasteiger partial charge in [-0.05, 0) is 23.6 Å². The van der Waals surface area contributed by atoms with E-state index in [1.807, 2.05) is 0 Å². The number of hydrogen-bond donors (Lipinski definition) is 6. The van der Waals surface area contributed by atoms with Crippen LogP contribution < -0.4 is 0 Å². The summed E-state index contributed by atoms with van der Waals surface area (Å²) in [7, 11) is 0. The molecule has 0 amide bonds. The first-order valence-corrected chi connectivity index (χ1v) is 8.30. The predicted molar refractivity (Wildman–Crippen MR) is 57.8 cm³/mol. The Balaban J connectivity index is -0.0000000535. The van der Waals surface area contributed by atoms with Crippen molar-refractivity contribution in [2.45, 2.75) is 20.3 Å². The number of rotatable bonds is 0. The van der Waals surface area contributed by atoms with Crippen LogP contribution in [0.25, 0.3) is 0 Å². The molecule has 0 saturated carbocycles. The Bertz CT molecular complexity index is 153. The molecule has 6 N–H and O–H groups in total. The molecule has 0 radical (unpaired) electrons. The molecular formula is C3H14O6P2S2Zn. The molecule has 11 heteroatoms. The smallest absolute Gasteiger partial charge is 0.319 e. The summed E-state index contributed by atoms with van der Waals surface area (Å²) in [6.07, 6.45) is 1.25. The van der Waals surface area contributed by atoms with Crippen LogP contribution in [-0.4, -0.2) is 29.4 Å². The van der Waals surface area contributed by atoms with Gasteiger partial charge in [-0.3, -0.25) is 0 Å². The second kappa shape index (κ2) is 12.8. The molecule has 0 fully saturated rings. The van der Waals surface area contributed by atoms with E-state index in [1.165, 1.54) is 6.42 Å². The third kappa shape index (κ3) is 777. The first kappa shape index (κ1) is 24.8. The quantitative estimate of drug-likeness (QED) is 0.265. The van der Waals surface area contributed by atoms with E-state index in [2.05, 4.69) is 37.5 Å². The van der Waals surface area contributed by atoms with Crippen molar-refractivity contribution in [3.8, 4) is 0 Å². The molecule has 86 valence electrons. The zero-order valence-corrected chi connectivity index (χ0v) is 14.2. The molecular weight excluding hydrogens is 323 g/mol. The Labute approximate surface area is 106 Å². The van der Waals surface area contributed by atoms with Gasteiger partial charge in [-0.15, -0.1) is 0 Å². The van der Waals surface area contributed by atoms with Crippen molar-refractivity contribution < 1.29 is 48.8 Å². The molecule has 0 aliphatic heterocycles. The molecule has 0 aliphatic rings. The average Bonchev–Trinajstić information content (AvgIpc) is 1.52. The Morgan fingerprint density at radius 2 is 0.786 bits per heavy atom. The van der Waals surface area contributed by atoms with Crippen LogP contribution in [0.3, 0.4) is 0 Å². The molecule has 0 aliphatic carbocycles. The van der Waals surface area contributed by atoms with Crippen molar-refractivity contribution in [3.05, 3.63) is 0 Å². The third-order valence-corrected chi connectivity index (χ3v) is 0. The first-order valence-electron chi connectivity index (χ1n) is 2.98. The van der Waals surface area contributed by atoms with Crippen LogP contribution in [0.2, 0.25) is 0 Å². The van der Waals surface area contributed by atoms with Gasteiger partial charge in [-0.2, -0.15) is 0 Å². The van der Waals surface area contributed by atoms with Gasteiger partial charge in [0.2, 0.25) is 0 Å². The molecule has 0 aromatic rings. The van der Waals surface area contributed by atoms with Crippen LogP contribution >= 0.6 is 13.4 Å². The van der Waals surface area contributed by atoms with Gasteiger partial charge in [0.05, 0.1) is 0 Å². The van der Waals surface area contributed by atoms with E-state index in [-0.39, 0.29) is 19.5 Å². The van der Waals surface area contributed by atoms with Crippen LogP contribution in [0.15, 0.2) is 0 Å². The standard InChI is InChI=1S/C3H8.2H3O3PS.Zn/c1-3-2;2*1-4(2,3)5;/h3H2,1-2H3;2*(H3,1,2,3,5);. The summed E-state index contributed by atoms with van der Waals surface area (Å²) in [5.41, 5.74) is 0. The van der Waals surface area contributed by atoms with Gasteiger partial charge in [0.15, 0.2) is 0 Å². The molecule has 0 rings (SSSR count). The molecule has 0 unspecified atom stereocenters. The fourth-order valence-electron chi connectivity index (χ4n) is 0. The molecule has 0 aromatic carbocycles. The minimum atomic E-state index is -3.81. The van der Waals surface area contributed by atoms with Crippen LogP contribution in [0.1, 0.15) is 20.3 Å². The second-order valence-electron chi connectivity index (χ2n) is 1.73. The summed E-state index contributed by atoms with van der Waals surface area (Å²) >= 11 is 7.21. The van der Waals surface area contributed by atoms with Gasteiger partial charge < -0.3 is 29.4 Å². The van der Waals surface area contributed by atoms with Gasteiger partial charge in [0.1, 0.15) is 0 Å². The topological polar surface area (TPSA) is 121 Å². The van der Waals surface area contributed by atoms with E-state index < -0.39 is 13.4 Å². The van der Waals surface area contributed by atoms with Crippen LogP contribution in [0, 0.1) is 0 Å². The zero-order chi connectivity index (χ0) is 11.7. The van der Waals surface area contributed by atoms with E-state index in [0.29, 0.717) is 0 Å². The molecule has 0 heterocycles. The van der Waals surface area contributed by atoms with Crippen molar-refractivity contribution in [2.75, 3.05) is 0 Å². The summed E-state index contributed by atoms with van der Waals surface area (Å²) < 4.78 is 0. The fourth-order valence-corrected chi connectivity index (χ4v) is 0.